The van der Waals surface area contributed by atoms with Crippen LogP contribution in [0.4, 0.5) is 0 Å². The summed E-state index contributed by atoms with van der Waals surface area (Å²) in [4.78, 5) is 9.36. The van der Waals surface area contributed by atoms with Gasteiger partial charge in [-0.25, -0.2) is 9.97 Å². The number of hydrogen-bond acceptors (Lipinski definition) is 4. The normalized spacial score (nSPS) is 11.7. The molecule has 0 unspecified atom stereocenters. The van der Waals surface area contributed by atoms with E-state index in [1.807, 2.05) is 48.5 Å². The number of aryl methyl sites for hydroxylation is 1. The molecule has 3 heterocycles. The van der Waals surface area contributed by atoms with Gasteiger partial charge >= 0.3 is 0 Å². The number of fused-ring (bicyclic) bond motifs is 5. The van der Waals surface area contributed by atoms with Crippen LogP contribution >= 0.6 is 0 Å². The van der Waals surface area contributed by atoms with Crippen molar-refractivity contribution in [3.05, 3.63) is 163 Å². The van der Waals surface area contributed by atoms with E-state index >= 15 is 0 Å². The van der Waals surface area contributed by atoms with E-state index in [1.165, 1.54) is 27.4 Å². The molecule has 0 amide bonds. The van der Waals surface area contributed by atoms with Crippen molar-refractivity contribution in [2.45, 2.75) is 6.92 Å². The highest BCUT2D eigenvalue weighted by Gasteiger charge is 2.16. The third kappa shape index (κ3) is 4.71. The molecule has 50 heavy (non-hydrogen) atoms. The van der Waals surface area contributed by atoms with Crippen molar-refractivity contribution in [1.29, 1.82) is 0 Å². The van der Waals surface area contributed by atoms with Crippen molar-refractivity contribution >= 4 is 44.0 Å². The summed E-state index contributed by atoms with van der Waals surface area (Å²) in [5.41, 5.74) is 14.5. The molecular formula is C45H29N3O2. The molecule has 0 saturated heterocycles. The van der Waals surface area contributed by atoms with Crippen LogP contribution in [0.1, 0.15) is 5.56 Å². The van der Waals surface area contributed by atoms with Crippen LogP contribution in [0.2, 0.25) is 0 Å². The highest BCUT2D eigenvalue weighted by atomic mass is 16.4. The van der Waals surface area contributed by atoms with E-state index in [2.05, 4.69) is 131 Å². The highest BCUT2D eigenvalue weighted by molar-refractivity contribution is 6.11. The van der Waals surface area contributed by atoms with Gasteiger partial charge in [0.2, 0.25) is 11.8 Å². The molecule has 5 heteroatoms. The Kier molecular flexibility index (Phi) is 6.33. The zero-order valence-electron chi connectivity index (χ0n) is 27.2. The molecule has 0 radical (unpaired) electrons. The second-order valence-electron chi connectivity index (χ2n) is 12.8. The molecule has 10 rings (SSSR count). The predicted octanol–water partition coefficient (Wildman–Crippen LogP) is 12.0. The van der Waals surface area contributed by atoms with Crippen molar-refractivity contribution in [3.8, 4) is 50.8 Å². The van der Waals surface area contributed by atoms with Gasteiger partial charge in [0.15, 0.2) is 11.2 Å². The molecule has 5 nitrogen and oxygen atoms in total. The van der Waals surface area contributed by atoms with Crippen molar-refractivity contribution < 1.29 is 8.83 Å². The maximum atomic E-state index is 6.03. The Morgan fingerprint density at radius 2 is 0.840 bits per heavy atom. The average molecular weight is 644 g/mol. The summed E-state index contributed by atoms with van der Waals surface area (Å²) in [5, 5.41) is 2.40. The second-order valence-corrected chi connectivity index (χ2v) is 12.8. The van der Waals surface area contributed by atoms with Crippen LogP contribution in [0.15, 0.2) is 167 Å². The summed E-state index contributed by atoms with van der Waals surface area (Å²) in [6.45, 7) is 2.12. The van der Waals surface area contributed by atoms with Gasteiger partial charge < -0.3 is 13.4 Å². The molecule has 0 spiro atoms. The number of nitrogens with zero attached hydrogens (tertiary/aromatic N) is 3. The summed E-state index contributed by atoms with van der Waals surface area (Å²) < 4.78 is 14.4. The Labute approximate surface area is 287 Å². The largest absolute Gasteiger partial charge is 0.436 e. The van der Waals surface area contributed by atoms with Gasteiger partial charge in [0.25, 0.3) is 0 Å². The number of para-hydroxylation sites is 4. The van der Waals surface area contributed by atoms with Crippen molar-refractivity contribution in [2.24, 2.45) is 0 Å². The van der Waals surface area contributed by atoms with Gasteiger partial charge in [0.05, 0.1) is 11.0 Å². The SMILES string of the molecule is Cc1ccc(-n2c3ccc(-c4ccc(-c5nc6ccccc6o5)cc4)cc3c3cc(-c4ccc(-c5nc6ccccc6o5)cc4)ccc32)cc1. The second kappa shape index (κ2) is 11.2. The highest BCUT2D eigenvalue weighted by Crippen LogP contribution is 2.38. The van der Waals surface area contributed by atoms with Crippen LogP contribution < -0.4 is 0 Å². The Morgan fingerprint density at radius 3 is 1.30 bits per heavy atom. The molecule has 236 valence electrons. The molecule has 0 saturated carbocycles. The molecule has 0 aliphatic carbocycles. The van der Waals surface area contributed by atoms with E-state index in [0.29, 0.717) is 11.8 Å². The minimum atomic E-state index is 0.629. The molecule has 0 N–H and O–H groups in total. The number of aromatic nitrogens is 3. The summed E-state index contributed by atoms with van der Waals surface area (Å²) in [6.07, 6.45) is 0. The van der Waals surface area contributed by atoms with E-state index < -0.39 is 0 Å². The number of oxazole rings is 2. The van der Waals surface area contributed by atoms with Gasteiger partial charge in [-0.05, 0) is 114 Å². The van der Waals surface area contributed by atoms with Crippen LogP contribution in [0.3, 0.4) is 0 Å². The van der Waals surface area contributed by atoms with Crippen LogP contribution in [0.5, 0.6) is 0 Å². The van der Waals surface area contributed by atoms with E-state index in [4.69, 9.17) is 8.83 Å². The minimum absolute atomic E-state index is 0.629. The molecule has 7 aromatic carbocycles. The van der Waals surface area contributed by atoms with Gasteiger partial charge in [-0.3, -0.25) is 0 Å². The monoisotopic (exact) mass is 643 g/mol. The zero-order chi connectivity index (χ0) is 33.2. The number of rotatable bonds is 5. The molecule has 0 fully saturated rings. The maximum Gasteiger partial charge on any atom is 0.227 e. The van der Waals surface area contributed by atoms with Gasteiger partial charge in [-0.2, -0.15) is 0 Å². The summed E-state index contributed by atoms with van der Waals surface area (Å²) in [6, 6.07) is 54.9. The molecule has 0 bridgehead atoms. The molecule has 0 aliphatic heterocycles. The first kappa shape index (κ1) is 28.3. The first-order valence-electron chi connectivity index (χ1n) is 16.7. The minimum Gasteiger partial charge on any atom is -0.436 e. The average Bonchev–Trinajstić information content (AvgIpc) is 3.89. The Bertz CT molecular complexity index is 2620. The quantitative estimate of drug-likeness (QED) is 0.187. The number of benzene rings is 7. The summed E-state index contributed by atoms with van der Waals surface area (Å²) >= 11 is 0. The van der Waals surface area contributed by atoms with E-state index in [9.17, 15) is 0 Å². The van der Waals surface area contributed by atoms with Crippen LogP contribution in [-0.2, 0) is 0 Å². The van der Waals surface area contributed by atoms with Crippen LogP contribution in [0, 0.1) is 6.92 Å². The van der Waals surface area contributed by atoms with E-state index in [0.717, 1.165) is 61.3 Å². The van der Waals surface area contributed by atoms with Gasteiger partial charge in [-0.1, -0.05) is 78.4 Å². The number of hydrogen-bond donors (Lipinski definition) is 0. The summed E-state index contributed by atoms with van der Waals surface area (Å²) in [5.74, 6) is 1.26. The smallest absolute Gasteiger partial charge is 0.227 e. The lowest BCUT2D eigenvalue weighted by Crippen LogP contribution is -1.93. The predicted molar refractivity (Wildman–Crippen MR) is 202 cm³/mol. The Balaban J connectivity index is 1.07. The first-order chi connectivity index (χ1) is 24.6. The standard InChI is InChI=1S/C45H29N3O2/c1-28-10-22-35(23-11-28)48-40-24-20-33(29-12-16-31(17-13-29)44-46-38-6-2-4-8-42(38)49-44)26-36(40)37-27-34(21-25-41(37)48)30-14-18-32(19-15-30)45-47-39-7-3-5-9-43(39)50-45/h2-27H,1H3. The van der Waals surface area contributed by atoms with Gasteiger partial charge in [-0.15, -0.1) is 0 Å². The first-order valence-corrected chi connectivity index (χ1v) is 16.7. The van der Waals surface area contributed by atoms with Crippen molar-refractivity contribution in [3.63, 3.8) is 0 Å². The van der Waals surface area contributed by atoms with E-state index in [1.54, 1.807) is 0 Å². The molecular weight excluding hydrogens is 615 g/mol. The maximum absolute atomic E-state index is 6.03. The van der Waals surface area contributed by atoms with Crippen LogP contribution in [-0.4, -0.2) is 14.5 Å². The van der Waals surface area contributed by atoms with Gasteiger partial charge in [0.1, 0.15) is 11.0 Å². The van der Waals surface area contributed by atoms with Crippen molar-refractivity contribution in [1.82, 2.24) is 14.5 Å². The fraction of sp³-hybridized carbons (Fsp3) is 0.0222. The Morgan fingerprint density at radius 1 is 0.420 bits per heavy atom. The lowest BCUT2D eigenvalue weighted by Gasteiger charge is -2.09. The van der Waals surface area contributed by atoms with E-state index in [-0.39, 0.29) is 0 Å². The molecule has 3 aromatic heterocycles. The lowest BCUT2D eigenvalue weighted by molar-refractivity contribution is 0.619. The Hall–Kier alpha value is -6.72. The topological polar surface area (TPSA) is 57.0 Å². The molecule has 10 aromatic rings. The lowest BCUT2D eigenvalue weighted by atomic mass is 9.99. The van der Waals surface area contributed by atoms with Crippen LogP contribution in [0.25, 0.3) is 94.9 Å². The molecule has 0 aliphatic rings. The fourth-order valence-electron chi connectivity index (χ4n) is 6.96. The third-order valence-electron chi connectivity index (χ3n) is 9.58. The third-order valence-corrected chi connectivity index (χ3v) is 9.58. The molecule has 0 atom stereocenters. The summed E-state index contributed by atoms with van der Waals surface area (Å²) in [7, 11) is 0. The van der Waals surface area contributed by atoms with Gasteiger partial charge in [0, 0.05) is 27.6 Å². The zero-order valence-corrected chi connectivity index (χ0v) is 27.2. The van der Waals surface area contributed by atoms with Crippen molar-refractivity contribution in [2.75, 3.05) is 0 Å². The fourth-order valence-corrected chi connectivity index (χ4v) is 6.96.